The predicted molar refractivity (Wildman–Crippen MR) is 87.9 cm³/mol. The van der Waals surface area contributed by atoms with Crippen LogP contribution in [0, 0.1) is 5.92 Å². The number of hydrogen-bond donors (Lipinski definition) is 2. The molecule has 0 saturated carbocycles. The lowest BCUT2D eigenvalue weighted by Gasteiger charge is -2.11. The molecule has 1 atom stereocenters. The normalized spacial score (nSPS) is 11.7. The molecule has 1 unspecified atom stereocenters. The van der Waals surface area contributed by atoms with Gasteiger partial charge in [-0.2, -0.15) is 0 Å². The van der Waals surface area contributed by atoms with Gasteiger partial charge in [-0.15, -0.1) is 0 Å². The Balaban J connectivity index is 1.76. The van der Waals surface area contributed by atoms with E-state index in [1.807, 2.05) is 54.6 Å². The van der Waals surface area contributed by atoms with Crippen LogP contribution in [0.1, 0.15) is 12.8 Å². The standard InChI is InChI=1S/C18H21NO4/c19-13-14(18(20)21)5-4-12-22-15-8-10-17(11-9-15)23-16-6-2-1-3-7-16/h1-3,6-11,14H,4-5,12-13,19H2,(H,20,21). The zero-order valence-corrected chi connectivity index (χ0v) is 12.9. The van der Waals surface area contributed by atoms with E-state index in [1.54, 1.807) is 0 Å². The summed E-state index contributed by atoms with van der Waals surface area (Å²) in [5.41, 5.74) is 5.41. The van der Waals surface area contributed by atoms with Crippen LogP contribution in [0.5, 0.6) is 17.2 Å². The highest BCUT2D eigenvalue weighted by molar-refractivity contribution is 5.70. The third-order valence-corrected chi connectivity index (χ3v) is 3.40. The molecule has 0 saturated heterocycles. The van der Waals surface area contributed by atoms with Crippen LogP contribution in [-0.4, -0.2) is 24.2 Å². The number of para-hydroxylation sites is 1. The molecule has 0 radical (unpaired) electrons. The Kier molecular flexibility index (Phi) is 6.44. The highest BCUT2D eigenvalue weighted by atomic mass is 16.5. The minimum absolute atomic E-state index is 0.154. The molecular formula is C18H21NO4. The molecule has 5 nitrogen and oxygen atoms in total. The second-order valence-corrected chi connectivity index (χ2v) is 5.15. The van der Waals surface area contributed by atoms with E-state index in [0.29, 0.717) is 19.4 Å². The van der Waals surface area contributed by atoms with E-state index in [2.05, 4.69) is 0 Å². The van der Waals surface area contributed by atoms with Crippen molar-refractivity contribution in [1.29, 1.82) is 0 Å². The van der Waals surface area contributed by atoms with Crippen LogP contribution < -0.4 is 15.2 Å². The maximum Gasteiger partial charge on any atom is 0.307 e. The van der Waals surface area contributed by atoms with Crippen LogP contribution in [0.15, 0.2) is 54.6 Å². The number of hydrogen-bond acceptors (Lipinski definition) is 4. The first kappa shape index (κ1) is 16.8. The Morgan fingerprint density at radius 2 is 1.61 bits per heavy atom. The van der Waals surface area contributed by atoms with Gasteiger partial charge < -0.3 is 20.3 Å². The minimum atomic E-state index is -0.852. The van der Waals surface area contributed by atoms with E-state index in [4.69, 9.17) is 20.3 Å². The molecule has 0 spiro atoms. The molecule has 2 aromatic rings. The zero-order valence-electron chi connectivity index (χ0n) is 12.9. The van der Waals surface area contributed by atoms with Crippen LogP contribution in [0.2, 0.25) is 0 Å². The molecule has 0 aliphatic rings. The Morgan fingerprint density at radius 3 is 2.22 bits per heavy atom. The molecule has 0 aromatic heterocycles. The fraction of sp³-hybridized carbons (Fsp3) is 0.278. The van der Waals surface area contributed by atoms with Crippen molar-refractivity contribution in [2.24, 2.45) is 11.7 Å². The molecule has 2 rings (SSSR count). The summed E-state index contributed by atoms with van der Waals surface area (Å²) < 4.78 is 11.3. The average molecular weight is 315 g/mol. The Morgan fingerprint density at radius 1 is 1.00 bits per heavy atom. The van der Waals surface area contributed by atoms with Gasteiger partial charge in [0.05, 0.1) is 12.5 Å². The molecular weight excluding hydrogens is 294 g/mol. The number of aliphatic carboxylic acids is 1. The van der Waals surface area contributed by atoms with Gasteiger partial charge in [0, 0.05) is 6.54 Å². The van der Waals surface area contributed by atoms with E-state index >= 15 is 0 Å². The number of benzene rings is 2. The summed E-state index contributed by atoms with van der Waals surface area (Å²) in [4.78, 5) is 10.8. The summed E-state index contributed by atoms with van der Waals surface area (Å²) in [5.74, 6) is 0.889. The molecule has 3 N–H and O–H groups in total. The molecule has 0 heterocycles. The van der Waals surface area contributed by atoms with Crippen molar-refractivity contribution >= 4 is 5.97 Å². The number of carboxylic acid groups (broad SMARTS) is 1. The highest BCUT2D eigenvalue weighted by Gasteiger charge is 2.14. The van der Waals surface area contributed by atoms with E-state index in [-0.39, 0.29) is 6.54 Å². The number of carbonyl (C=O) groups is 1. The maximum absolute atomic E-state index is 10.8. The van der Waals surface area contributed by atoms with Gasteiger partial charge in [-0.25, -0.2) is 0 Å². The second-order valence-electron chi connectivity index (χ2n) is 5.15. The van der Waals surface area contributed by atoms with E-state index in [1.165, 1.54) is 0 Å². The zero-order chi connectivity index (χ0) is 16.5. The van der Waals surface area contributed by atoms with Gasteiger partial charge >= 0.3 is 5.97 Å². The molecule has 0 bridgehead atoms. The smallest absolute Gasteiger partial charge is 0.307 e. The molecule has 0 amide bonds. The number of nitrogens with two attached hydrogens (primary N) is 1. The average Bonchev–Trinajstić information content (AvgIpc) is 2.57. The van der Waals surface area contributed by atoms with Crippen molar-refractivity contribution in [1.82, 2.24) is 0 Å². The molecule has 0 fully saturated rings. The lowest BCUT2D eigenvalue weighted by Crippen LogP contribution is -2.23. The first-order valence-corrected chi connectivity index (χ1v) is 7.57. The van der Waals surface area contributed by atoms with Crippen molar-refractivity contribution < 1.29 is 19.4 Å². The highest BCUT2D eigenvalue weighted by Crippen LogP contribution is 2.23. The summed E-state index contributed by atoms with van der Waals surface area (Å²) in [6.45, 7) is 0.615. The number of rotatable bonds is 9. The van der Waals surface area contributed by atoms with Gasteiger partial charge in [0.1, 0.15) is 17.2 Å². The fourth-order valence-electron chi connectivity index (χ4n) is 2.09. The summed E-state index contributed by atoms with van der Waals surface area (Å²) >= 11 is 0. The lowest BCUT2D eigenvalue weighted by molar-refractivity contribution is -0.141. The number of carboxylic acids is 1. The first-order valence-electron chi connectivity index (χ1n) is 7.57. The monoisotopic (exact) mass is 315 g/mol. The lowest BCUT2D eigenvalue weighted by atomic mass is 10.0. The summed E-state index contributed by atoms with van der Waals surface area (Å²) in [6, 6.07) is 16.9. The van der Waals surface area contributed by atoms with Gasteiger partial charge in [-0.1, -0.05) is 18.2 Å². The topological polar surface area (TPSA) is 81.8 Å². The van der Waals surface area contributed by atoms with Gasteiger partial charge in [-0.05, 0) is 49.2 Å². The second kappa shape index (κ2) is 8.80. The van der Waals surface area contributed by atoms with Crippen molar-refractivity contribution in [2.75, 3.05) is 13.2 Å². The van der Waals surface area contributed by atoms with Gasteiger partial charge in [0.25, 0.3) is 0 Å². The van der Waals surface area contributed by atoms with Crippen LogP contribution >= 0.6 is 0 Å². The van der Waals surface area contributed by atoms with Crippen LogP contribution in [0.4, 0.5) is 0 Å². The van der Waals surface area contributed by atoms with E-state index in [9.17, 15) is 4.79 Å². The minimum Gasteiger partial charge on any atom is -0.494 e. The Hall–Kier alpha value is -2.53. The van der Waals surface area contributed by atoms with E-state index in [0.717, 1.165) is 17.2 Å². The summed E-state index contributed by atoms with van der Waals surface area (Å²) in [5, 5.41) is 8.91. The fourth-order valence-corrected chi connectivity index (χ4v) is 2.09. The number of ether oxygens (including phenoxy) is 2. The first-order chi connectivity index (χ1) is 11.2. The van der Waals surface area contributed by atoms with Crippen molar-refractivity contribution in [3.8, 4) is 17.2 Å². The predicted octanol–water partition coefficient (Wildman–Crippen LogP) is 3.30. The van der Waals surface area contributed by atoms with Gasteiger partial charge in [0.15, 0.2) is 0 Å². The van der Waals surface area contributed by atoms with Crippen molar-refractivity contribution in [2.45, 2.75) is 12.8 Å². The van der Waals surface area contributed by atoms with E-state index < -0.39 is 11.9 Å². The largest absolute Gasteiger partial charge is 0.494 e. The van der Waals surface area contributed by atoms with Crippen LogP contribution in [0.3, 0.4) is 0 Å². The molecule has 2 aromatic carbocycles. The molecule has 23 heavy (non-hydrogen) atoms. The van der Waals surface area contributed by atoms with Crippen LogP contribution in [0.25, 0.3) is 0 Å². The van der Waals surface area contributed by atoms with Gasteiger partial charge in [-0.3, -0.25) is 4.79 Å². The van der Waals surface area contributed by atoms with Crippen molar-refractivity contribution in [3.05, 3.63) is 54.6 Å². The Labute approximate surface area is 135 Å². The molecule has 5 heteroatoms. The summed E-state index contributed by atoms with van der Waals surface area (Å²) in [7, 11) is 0. The third kappa shape index (κ3) is 5.64. The van der Waals surface area contributed by atoms with Crippen LogP contribution in [-0.2, 0) is 4.79 Å². The molecule has 0 aliphatic carbocycles. The van der Waals surface area contributed by atoms with Crippen molar-refractivity contribution in [3.63, 3.8) is 0 Å². The summed E-state index contributed by atoms with van der Waals surface area (Å²) in [6.07, 6.45) is 1.16. The molecule has 0 aliphatic heterocycles. The Bertz CT molecular complexity index is 598. The SMILES string of the molecule is NCC(CCCOc1ccc(Oc2ccccc2)cc1)C(=O)O. The maximum atomic E-state index is 10.8. The molecule has 122 valence electrons. The quantitative estimate of drug-likeness (QED) is 0.694. The van der Waals surface area contributed by atoms with Gasteiger partial charge in [0.2, 0.25) is 0 Å². The third-order valence-electron chi connectivity index (χ3n) is 3.40.